The number of anilines is 1. The number of aliphatic imine (C=N–C) groups is 1. The molecule has 9 nitrogen and oxygen atoms in total. The molecule has 1 aliphatic heterocycles. The molecule has 0 bridgehead atoms. The Morgan fingerprint density at radius 1 is 1.32 bits per heavy atom. The molecule has 0 saturated carbocycles. The van der Waals surface area contributed by atoms with E-state index in [1.807, 2.05) is 6.07 Å². The molecule has 3 rings (SSSR count). The number of hydrogen-bond acceptors (Lipinski definition) is 8. The van der Waals surface area contributed by atoms with Crippen molar-refractivity contribution in [2.24, 2.45) is 10.7 Å². The monoisotopic (exact) mass is 434 g/mol. The van der Waals surface area contributed by atoms with E-state index in [0.29, 0.717) is 5.56 Å². The maximum atomic E-state index is 13.3. The molecule has 0 unspecified atom stereocenters. The highest BCUT2D eigenvalue weighted by atomic mass is 19.4. The molecule has 0 fully saturated rings. The molecule has 31 heavy (non-hydrogen) atoms. The van der Waals surface area contributed by atoms with E-state index in [-0.39, 0.29) is 17.4 Å². The largest absolute Gasteiger partial charge is 0.424 e. The number of carbonyl (C=O) groups excluding carboxylic acids is 1. The van der Waals surface area contributed by atoms with Crippen molar-refractivity contribution < 1.29 is 27.4 Å². The minimum Gasteiger partial charge on any atom is -0.391 e. The van der Waals surface area contributed by atoms with Crippen LogP contribution < -0.4 is 15.8 Å². The first-order valence-corrected chi connectivity index (χ1v) is 8.86. The number of pyridine rings is 2. The standard InChI is InChI=1S/C19H17F3N6O3/c1-17(10-30-18(2,15(24)28-17)19(20,21)22)12-4-3-5-13(26-12)27-16(29)31-14-7-6-11(8-23)9-25-14/h3-7,9H,10H2,1-2H3,(H2,24,28)(H,26,27,29)/t17-,18+/m0/s1. The van der Waals surface area contributed by atoms with Gasteiger partial charge in [0.05, 0.1) is 17.9 Å². The number of amidine groups is 1. The number of nitrogens with one attached hydrogen (secondary N) is 1. The summed E-state index contributed by atoms with van der Waals surface area (Å²) in [6.45, 7) is 1.89. The number of ether oxygens (including phenoxy) is 2. The summed E-state index contributed by atoms with van der Waals surface area (Å²) in [4.78, 5) is 24.1. The van der Waals surface area contributed by atoms with Crippen LogP contribution in [-0.2, 0) is 10.3 Å². The lowest BCUT2D eigenvalue weighted by atomic mass is 9.93. The molecule has 2 atom stereocenters. The van der Waals surface area contributed by atoms with Gasteiger partial charge >= 0.3 is 12.3 Å². The van der Waals surface area contributed by atoms with E-state index in [0.717, 1.165) is 6.92 Å². The van der Waals surface area contributed by atoms with E-state index in [1.54, 1.807) is 0 Å². The molecule has 0 spiro atoms. The second-order valence-electron chi connectivity index (χ2n) is 7.01. The third-order valence-corrected chi connectivity index (χ3v) is 4.63. The molecule has 2 aromatic rings. The van der Waals surface area contributed by atoms with Crippen molar-refractivity contribution in [2.75, 3.05) is 11.9 Å². The molecule has 0 aromatic carbocycles. The van der Waals surface area contributed by atoms with Crippen LogP contribution in [0.15, 0.2) is 41.5 Å². The zero-order valence-electron chi connectivity index (χ0n) is 16.4. The lowest BCUT2D eigenvalue weighted by molar-refractivity contribution is -0.249. The van der Waals surface area contributed by atoms with Gasteiger partial charge in [0.25, 0.3) is 0 Å². The number of nitrogens with two attached hydrogens (primary N) is 1. The van der Waals surface area contributed by atoms with Crippen LogP contribution in [0.25, 0.3) is 0 Å². The van der Waals surface area contributed by atoms with Crippen molar-refractivity contribution >= 4 is 17.7 Å². The Balaban J connectivity index is 1.77. The Kier molecular flexibility index (Phi) is 5.56. The number of carbonyl (C=O) groups is 1. The lowest BCUT2D eigenvalue weighted by Crippen LogP contribution is -2.60. The minimum atomic E-state index is -4.73. The Morgan fingerprint density at radius 3 is 2.65 bits per heavy atom. The van der Waals surface area contributed by atoms with Gasteiger partial charge in [-0.3, -0.25) is 10.3 Å². The van der Waals surface area contributed by atoms with Crippen LogP contribution in [0.2, 0.25) is 0 Å². The Morgan fingerprint density at radius 2 is 2.06 bits per heavy atom. The van der Waals surface area contributed by atoms with E-state index in [1.165, 1.54) is 43.5 Å². The zero-order chi connectivity index (χ0) is 22.9. The zero-order valence-corrected chi connectivity index (χ0v) is 16.4. The number of nitriles is 1. The van der Waals surface area contributed by atoms with Crippen LogP contribution in [0.3, 0.4) is 0 Å². The van der Waals surface area contributed by atoms with E-state index < -0.39 is 35.9 Å². The van der Waals surface area contributed by atoms with E-state index in [2.05, 4.69) is 20.3 Å². The number of amides is 1. The summed E-state index contributed by atoms with van der Waals surface area (Å²) >= 11 is 0. The van der Waals surface area contributed by atoms with Crippen LogP contribution >= 0.6 is 0 Å². The van der Waals surface area contributed by atoms with Crippen LogP contribution in [0.4, 0.5) is 23.8 Å². The molecule has 3 N–H and O–H groups in total. The van der Waals surface area contributed by atoms with Crippen molar-refractivity contribution in [3.8, 4) is 11.9 Å². The SMILES string of the molecule is C[C@@]1(c2cccc(NC(=O)Oc3ccc(C#N)cn3)n2)CO[C@@](C)(C(F)(F)F)C(N)=N1. The molecular formula is C19H17F3N6O3. The van der Waals surface area contributed by atoms with Gasteiger partial charge in [0, 0.05) is 12.3 Å². The van der Waals surface area contributed by atoms with Crippen LogP contribution in [0.1, 0.15) is 25.1 Å². The number of hydrogen-bond donors (Lipinski definition) is 2. The summed E-state index contributed by atoms with van der Waals surface area (Å²) in [6, 6.07) is 9.17. The Bertz CT molecular complexity index is 1070. The first kappa shape index (κ1) is 22.0. The maximum Gasteiger partial charge on any atom is 0.424 e. The Hall–Kier alpha value is -3.72. The molecule has 162 valence electrons. The van der Waals surface area contributed by atoms with Crippen molar-refractivity contribution in [3.05, 3.63) is 47.8 Å². The average Bonchev–Trinajstić information content (AvgIpc) is 2.71. The van der Waals surface area contributed by atoms with Crippen molar-refractivity contribution in [3.63, 3.8) is 0 Å². The number of nitrogens with zero attached hydrogens (tertiary/aromatic N) is 4. The van der Waals surface area contributed by atoms with Crippen molar-refractivity contribution in [1.29, 1.82) is 5.26 Å². The molecule has 0 saturated heterocycles. The molecular weight excluding hydrogens is 417 g/mol. The van der Waals surface area contributed by atoms with Crippen LogP contribution in [-0.4, -0.2) is 40.3 Å². The second kappa shape index (κ2) is 7.84. The van der Waals surface area contributed by atoms with Gasteiger partial charge < -0.3 is 15.2 Å². The highest BCUT2D eigenvalue weighted by molar-refractivity contribution is 5.90. The number of halogens is 3. The predicted octanol–water partition coefficient (Wildman–Crippen LogP) is 2.88. The summed E-state index contributed by atoms with van der Waals surface area (Å²) in [7, 11) is 0. The number of rotatable bonds is 3. The first-order chi connectivity index (χ1) is 14.5. The van der Waals surface area contributed by atoms with Crippen LogP contribution in [0, 0.1) is 11.3 Å². The fourth-order valence-electron chi connectivity index (χ4n) is 2.66. The van der Waals surface area contributed by atoms with Crippen LogP contribution in [0.5, 0.6) is 5.88 Å². The summed E-state index contributed by atoms with van der Waals surface area (Å²) in [5.41, 5.74) is 2.13. The van der Waals surface area contributed by atoms with Gasteiger partial charge in [0.2, 0.25) is 11.5 Å². The van der Waals surface area contributed by atoms with Crippen molar-refractivity contribution in [1.82, 2.24) is 9.97 Å². The predicted molar refractivity (Wildman–Crippen MR) is 102 cm³/mol. The molecule has 0 aliphatic carbocycles. The minimum absolute atomic E-state index is 0.0379. The van der Waals surface area contributed by atoms with Gasteiger partial charge in [0.1, 0.15) is 23.3 Å². The highest BCUT2D eigenvalue weighted by Crippen LogP contribution is 2.40. The molecule has 0 radical (unpaired) electrons. The fourth-order valence-corrected chi connectivity index (χ4v) is 2.66. The smallest absolute Gasteiger partial charge is 0.391 e. The second-order valence-corrected chi connectivity index (χ2v) is 7.01. The third kappa shape index (κ3) is 4.41. The summed E-state index contributed by atoms with van der Waals surface area (Å²) in [5.74, 6) is -0.695. The van der Waals surface area contributed by atoms with E-state index >= 15 is 0 Å². The molecule has 1 aliphatic rings. The van der Waals surface area contributed by atoms with Crippen molar-refractivity contribution in [2.45, 2.75) is 31.2 Å². The van der Waals surface area contributed by atoms with Gasteiger partial charge in [0.15, 0.2) is 0 Å². The molecule has 12 heteroatoms. The average molecular weight is 434 g/mol. The van der Waals surface area contributed by atoms with Gasteiger partial charge in [-0.1, -0.05) is 6.07 Å². The van der Waals surface area contributed by atoms with Gasteiger partial charge in [-0.2, -0.15) is 18.4 Å². The number of alkyl halides is 3. The third-order valence-electron chi connectivity index (χ3n) is 4.63. The quantitative estimate of drug-likeness (QED) is 0.758. The first-order valence-electron chi connectivity index (χ1n) is 8.86. The Labute approximate surface area is 174 Å². The molecule has 1 amide bonds. The topological polar surface area (TPSA) is 136 Å². The fraction of sp³-hybridized carbons (Fsp3) is 0.316. The molecule has 3 heterocycles. The van der Waals surface area contributed by atoms with Gasteiger partial charge in [-0.15, -0.1) is 0 Å². The van der Waals surface area contributed by atoms with E-state index in [4.69, 9.17) is 20.5 Å². The number of aromatic nitrogens is 2. The summed E-state index contributed by atoms with van der Waals surface area (Å²) in [5, 5.41) is 11.1. The maximum absolute atomic E-state index is 13.3. The van der Waals surface area contributed by atoms with Gasteiger partial charge in [-0.05, 0) is 32.0 Å². The highest BCUT2D eigenvalue weighted by Gasteiger charge is 2.59. The summed E-state index contributed by atoms with van der Waals surface area (Å²) in [6.07, 6.45) is -4.40. The lowest BCUT2D eigenvalue weighted by Gasteiger charge is -2.40. The normalized spacial score (nSPS) is 23.4. The van der Waals surface area contributed by atoms with E-state index in [9.17, 15) is 18.0 Å². The molecule has 2 aromatic heterocycles. The van der Waals surface area contributed by atoms with Gasteiger partial charge in [-0.25, -0.2) is 14.8 Å². The summed E-state index contributed by atoms with van der Waals surface area (Å²) < 4.78 is 49.9.